The molecule has 0 radical (unpaired) electrons. The third kappa shape index (κ3) is 4.34. The molecule has 0 aliphatic heterocycles. The highest BCUT2D eigenvalue weighted by Crippen LogP contribution is 2.16. The lowest BCUT2D eigenvalue weighted by Gasteiger charge is -2.07. The highest BCUT2D eigenvalue weighted by molar-refractivity contribution is 6.02. The fourth-order valence-electron chi connectivity index (χ4n) is 1.82. The van der Waals surface area contributed by atoms with Crippen LogP contribution in [0.5, 0.6) is 5.75 Å². The van der Waals surface area contributed by atoms with Gasteiger partial charge in [-0.25, -0.2) is 4.98 Å². The molecule has 5 nitrogen and oxygen atoms in total. The van der Waals surface area contributed by atoms with Crippen LogP contribution in [0.15, 0.2) is 55.3 Å². The van der Waals surface area contributed by atoms with Crippen LogP contribution >= 0.6 is 0 Å². The van der Waals surface area contributed by atoms with Crippen molar-refractivity contribution in [2.75, 3.05) is 23.8 Å². The topological polar surface area (TPSA) is 63.2 Å². The molecule has 0 fully saturated rings. The normalized spacial score (nSPS) is 9.86. The number of hydrogen-bond acceptors (Lipinski definition) is 4. The molecule has 1 heterocycles. The van der Waals surface area contributed by atoms with Crippen molar-refractivity contribution in [3.63, 3.8) is 0 Å². The highest BCUT2D eigenvalue weighted by Gasteiger charge is 2.07. The molecule has 0 unspecified atom stereocenters. The van der Waals surface area contributed by atoms with Gasteiger partial charge in [0.1, 0.15) is 11.4 Å². The Morgan fingerprint density at radius 1 is 1.23 bits per heavy atom. The van der Waals surface area contributed by atoms with E-state index in [-0.39, 0.29) is 5.91 Å². The van der Waals surface area contributed by atoms with Gasteiger partial charge in [-0.05, 0) is 43.3 Å². The maximum absolute atomic E-state index is 12.1. The molecule has 1 amide bonds. The number of nitrogens with one attached hydrogen (secondary N) is 2. The van der Waals surface area contributed by atoms with Crippen molar-refractivity contribution in [3.8, 4) is 5.75 Å². The molecular formula is C17H19N3O2. The first-order valence-corrected chi connectivity index (χ1v) is 7.08. The third-order valence-corrected chi connectivity index (χ3v) is 2.87. The van der Waals surface area contributed by atoms with Crippen molar-refractivity contribution in [1.82, 2.24) is 4.98 Å². The predicted molar refractivity (Wildman–Crippen MR) is 88.5 cm³/mol. The zero-order valence-electron chi connectivity index (χ0n) is 12.5. The summed E-state index contributed by atoms with van der Waals surface area (Å²) in [6.07, 6.45) is 3.38. The number of pyridine rings is 1. The maximum atomic E-state index is 12.1. The molecule has 2 rings (SSSR count). The van der Waals surface area contributed by atoms with Gasteiger partial charge in [-0.15, -0.1) is 6.58 Å². The molecule has 0 saturated carbocycles. The van der Waals surface area contributed by atoms with Crippen LogP contribution < -0.4 is 15.4 Å². The molecule has 114 valence electrons. The van der Waals surface area contributed by atoms with Crippen molar-refractivity contribution in [3.05, 3.63) is 60.9 Å². The number of carbonyl (C=O) groups is 1. The average molecular weight is 297 g/mol. The molecule has 22 heavy (non-hydrogen) atoms. The SMILES string of the molecule is C=CCNc1ccc(C(=O)Nc2ccc(OCC)cc2)nc1. The van der Waals surface area contributed by atoms with E-state index in [1.165, 1.54) is 0 Å². The number of hydrogen-bond donors (Lipinski definition) is 2. The Balaban J connectivity index is 1.97. The molecule has 0 saturated heterocycles. The first-order chi connectivity index (χ1) is 10.7. The molecule has 2 N–H and O–H groups in total. The molecule has 1 aromatic carbocycles. The lowest BCUT2D eigenvalue weighted by Crippen LogP contribution is -2.13. The maximum Gasteiger partial charge on any atom is 0.274 e. The molecule has 1 aromatic heterocycles. The van der Waals surface area contributed by atoms with Gasteiger partial charge in [0.25, 0.3) is 5.91 Å². The van der Waals surface area contributed by atoms with Crippen LogP contribution in [-0.2, 0) is 0 Å². The van der Waals surface area contributed by atoms with Crippen LogP contribution in [0.1, 0.15) is 17.4 Å². The van der Waals surface area contributed by atoms with Crippen LogP contribution in [0.25, 0.3) is 0 Å². The van der Waals surface area contributed by atoms with Crippen molar-refractivity contribution in [2.45, 2.75) is 6.92 Å². The van der Waals surface area contributed by atoms with Crippen LogP contribution in [0.4, 0.5) is 11.4 Å². The Morgan fingerprint density at radius 3 is 2.55 bits per heavy atom. The zero-order chi connectivity index (χ0) is 15.8. The zero-order valence-corrected chi connectivity index (χ0v) is 12.5. The largest absolute Gasteiger partial charge is 0.494 e. The second kappa shape index (κ2) is 7.83. The van der Waals surface area contributed by atoms with Gasteiger partial charge in [0.05, 0.1) is 18.5 Å². The second-order valence-electron chi connectivity index (χ2n) is 4.51. The Labute approximate surface area is 130 Å². The second-order valence-corrected chi connectivity index (χ2v) is 4.51. The summed E-state index contributed by atoms with van der Waals surface area (Å²) in [4.78, 5) is 16.2. The van der Waals surface area contributed by atoms with Crippen molar-refractivity contribution < 1.29 is 9.53 Å². The lowest BCUT2D eigenvalue weighted by atomic mass is 10.2. The van der Waals surface area contributed by atoms with Crippen molar-refractivity contribution in [1.29, 1.82) is 0 Å². The Hall–Kier alpha value is -2.82. The summed E-state index contributed by atoms with van der Waals surface area (Å²) in [5, 5.41) is 5.90. The van der Waals surface area contributed by atoms with Gasteiger partial charge in [-0.3, -0.25) is 4.79 Å². The highest BCUT2D eigenvalue weighted by atomic mass is 16.5. The Kier molecular flexibility index (Phi) is 5.54. The van der Waals surface area contributed by atoms with E-state index in [9.17, 15) is 4.79 Å². The first-order valence-electron chi connectivity index (χ1n) is 7.08. The van der Waals surface area contributed by atoms with Gasteiger partial charge in [-0.2, -0.15) is 0 Å². The molecule has 0 spiro atoms. The minimum absolute atomic E-state index is 0.251. The number of rotatable bonds is 7. The average Bonchev–Trinajstić information content (AvgIpc) is 2.55. The molecule has 0 bridgehead atoms. The smallest absolute Gasteiger partial charge is 0.274 e. The van der Waals surface area contributed by atoms with Gasteiger partial charge in [0, 0.05) is 12.2 Å². The third-order valence-electron chi connectivity index (χ3n) is 2.87. The van der Waals surface area contributed by atoms with E-state index in [4.69, 9.17) is 4.74 Å². The molecule has 0 aliphatic rings. The Bertz CT molecular complexity index is 621. The lowest BCUT2D eigenvalue weighted by molar-refractivity contribution is 0.102. The summed E-state index contributed by atoms with van der Waals surface area (Å²) < 4.78 is 5.36. The quantitative estimate of drug-likeness (QED) is 0.769. The van der Waals surface area contributed by atoms with Crippen molar-refractivity contribution >= 4 is 17.3 Å². The number of anilines is 2. The summed E-state index contributed by atoms with van der Waals surface area (Å²) in [5.74, 6) is 0.524. The Morgan fingerprint density at radius 2 is 1.95 bits per heavy atom. The molecule has 5 heteroatoms. The minimum Gasteiger partial charge on any atom is -0.494 e. The van der Waals surface area contributed by atoms with Gasteiger partial charge in [0.2, 0.25) is 0 Å². The van der Waals surface area contributed by atoms with Crippen LogP contribution in [-0.4, -0.2) is 24.0 Å². The van der Waals surface area contributed by atoms with Crippen LogP contribution in [0, 0.1) is 0 Å². The number of aromatic nitrogens is 1. The predicted octanol–water partition coefficient (Wildman–Crippen LogP) is 3.33. The number of ether oxygens (including phenoxy) is 1. The summed E-state index contributed by atoms with van der Waals surface area (Å²) in [5.41, 5.74) is 1.90. The number of carbonyl (C=O) groups excluding carboxylic acids is 1. The van der Waals surface area contributed by atoms with E-state index in [2.05, 4.69) is 22.2 Å². The minimum atomic E-state index is -0.251. The van der Waals surface area contributed by atoms with Crippen LogP contribution in [0.3, 0.4) is 0 Å². The van der Waals surface area contributed by atoms with E-state index in [0.717, 1.165) is 11.4 Å². The van der Waals surface area contributed by atoms with E-state index in [1.807, 2.05) is 25.1 Å². The molecular weight excluding hydrogens is 278 g/mol. The molecule has 2 aromatic rings. The summed E-state index contributed by atoms with van der Waals surface area (Å²) in [6.45, 7) is 6.82. The van der Waals surface area contributed by atoms with E-state index < -0.39 is 0 Å². The monoisotopic (exact) mass is 297 g/mol. The molecule has 0 atom stereocenters. The fraction of sp³-hybridized carbons (Fsp3) is 0.176. The van der Waals surface area contributed by atoms with Crippen molar-refractivity contribution in [2.24, 2.45) is 0 Å². The van der Waals surface area contributed by atoms with Gasteiger partial charge < -0.3 is 15.4 Å². The summed E-state index contributed by atoms with van der Waals surface area (Å²) in [7, 11) is 0. The van der Waals surface area contributed by atoms with E-state index in [0.29, 0.717) is 24.5 Å². The fourth-order valence-corrected chi connectivity index (χ4v) is 1.82. The van der Waals surface area contributed by atoms with Gasteiger partial charge >= 0.3 is 0 Å². The number of nitrogens with zero attached hydrogens (tertiary/aromatic N) is 1. The molecule has 0 aliphatic carbocycles. The van der Waals surface area contributed by atoms with E-state index >= 15 is 0 Å². The standard InChI is InChI=1S/C17H19N3O2/c1-3-11-18-14-7-10-16(19-12-14)17(21)20-13-5-8-15(9-6-13)22-4-2/h3,5-10,12,18H,1,4,11H2,2H3,(H,20,21). The van der Waals surface area contributed by atoms with Gasteiger partial charge in [0.15, 0.2) is 0 Å². The van der Waals surface area contributed by atoms with Crippen LogP contribution in [0.2, 0.25) is 0 Å². The number of amides is 1. The number of benzene rings is 1. The summed E-state index contributed by atoms with van der Waals surface area (Å²) in [6, 6.07) is 10.7. The van der Waals surface area contributed by atoms with E-state index in [1.54, 1.807) is 30.5 Å². The van der Waals surface area contributed by atoms with Gasteiger partial charge in [-0.1, -0.05) is 6.08 Å². The summed E-state index contributed by atoms with van der Waals surface area (Å²) >= 11 is 0. The first kappa shape index (κ1) is 15.6.